The Hall–Kier alpha value is -3.80. The Bertz CT molecular complexity index is 1150. The molecule has 3 aromatic carbocycles. The molecule has 6 nitrogen and oxygen atoms in total. The summed E-state index contributed by atoms with van der Waals surface area (Å²) in [5.74, 6) is -0.426. The van der Waals surface area contributed by atoms with Crippen LogP contribution < -0.4 is 0 Å². The van der Waals surface area contributed by atoms with E-state index in [9.17, 15) is 4.79 Å². The summed E-state index contributed by atoms with van der Waals surface area (Å²) in [6.45, 7) is 4.09. The van der Waals surface area contributed by atoms with Crippen LogP contribution in [0.25, 0.3) is 22.5 Å². The van der Waals surface area contributed by atoms with Crippen molar-refractivity contribution < 1.29 is 9.90 Å². The highest BCUT2D eigenvalue weighted by molar-refractivity contribution is 5.89. The van der Waals surface area contributed by atoms with Crippen molar-refractivity contribution in [3.8, 4) is 22.5 Å². The molecule has 0 radical (unpaired) electrons. The van der Waals surface area contributed by atoms with Crippen LogP contribution in [0.2, 0.25) is 0 Å². The molecular weight excluding hydrogens is 364 g/mol. The van der Waals surface area contributed by atoms with Gasteiger partial charge in [0.2, 0.25) is 5.82 Å². The maximum atomic E-state index is 11.1. The van der Waals surface area contributed by atoms with E-state index < -0.39 is 11.5 Å². The fourth-order valence-electron chi connectivity index (χ4n) is 3.24. The lowest BCUT2D eigenvalue weighted by molar-refractivity contribution is 0.0697. The van der Waals surface area contributed by atoms with Crippen LogP contribution in [0.1, 0.15) is 29.8 Å². The van der Waals surface area contributed by atoms with Crippen molar-refractivity contribution in [3.05, 3.63) is 90.0 Å². The molecule has 0 fully saturated rings. The van der Waals surface area contributed by atoms with E-state index in [-0.39, 0.29) is 5.56 Å². The van der Waals surface area contributed by atoms with Gasteiger partial charge in [-0.1, -0.05) is 66.7 Å². The van der Waals surface area contributed by atoms with Crippen LogP contribution in [-0.2, 0) is 5.54 Å². The molecule has 0 spiro atoms. The third-order valence-corrected chi connectivity index (χ3v) is 5.00. The molecule has 0 aliphatic rings. The first-order valence-electron chi connectivity index (χ1n) is 9.26. The molecule has 6 heteroatoms. The van der Waals surface area contributed by atoms with Gasteiger partial charge in [0.1, 0.15) is 5.54 Å². The Morgan fingerprint density at radius 1 is 0.862 bits per heavy atom. The summed E-state index contributed by atoms with van der Waals surface area (Å²) in [7, 11) is 0. The summed E-state index contributed by atoms with van der Waals surface area (Å²) in [5.41, 5.74) is 3.53. The quantitative estimate of drug-likeness (QED) is 0.548. The first-order chi connectivity index (χ1) is 14.0. The minimum atomic E-state index is -0.947. The number of carboxylic acid groups (broad SMARTS) is 1. The molecule has 0 aliphatic carbocycles. The van der Waals surface area contributed by atoms with Crippen molar-refractivity contribution in [2.45, 2.75) is 19.4 Å². The largest absolute Gasteiger partial charge is 0.478 e. The predicted molar refractivity (Wildman–Crippen MR) is 111 cm³/mol. The molecule has 1 aromatic heterocycles. The zero-order valence-corrected chi connectivity index (χ0v) is 16.1. The molecule has 0 saturated carbocycles. The van der Waals surface area contributed by atoms with Crippen molar-refractivity contribution in [1.29, 1.82) is 0 Å². The standard InChI is InChI=1S/C23H20N4O2/c1-23(2,18-8-4-3-5-9-18)27-25-21(24-26-27)20-11-7-6-10-19(20)16-12-14-17(15-13-16)22(28)29/h3-15H,1-2H3,(H,28,29). The Morgan fingerprint density at radius 2 is 1.48 bits per heavy atom. The number of aromatic nitrogens is 4. The number of hydrogen-bond acceptors (Lipinski definition) is 4. The molecule has 1 N–H and O–H groups in total. The van der Waals surface area contributed by atoms with Gasteiger partial charge in [-0.3, -0.25) is 0 Å². The zero-order valence-electron chi connectivity index (χ0n) is 16.1. The number of aromatic carboxylic acids is 1. The summed E-state index contributed by atoms with van der Waals surface area (Å²) < 4.78 is 0. The van der Waals surface area contributed by atoms with E-state index in [1.165, 1.54) is 0 Å². The molecule has 0 atom stereocenters. The van der Waals surface area contributed by atoms with Gasteiger partial charge in [-0.25, -0.2) is 4.79 Å². The van der Waals surface area contributed by atoms with E-state index in [1.807, 2.05) is 68.4 Å². The normalized spacial score (nSPS) is 11.4. The van der Waals surface area contributed by atoms with E-state index in [0.717, 1.165) is 22.3 Å². The maximum absolute atomic E-state index is 11.1. The molecule has 0 unspecified atom stereocenters. The molecule has 4 rings (SSSR count). The van der Waals surface area contributed by atoms with Gasteiger partial charge in [-0.15, -0.1) is 10.2 Å². The number of benzene rings is 3. The second-order valence-corrected chi connectivity index (χ2v) is 7.26. The fourth-order valence-corrected chi connectivity index (χ4v) is 3.24. The highest BCUT2D eigenvalue weighted by Crippen LogP contribution is 2.31. The zero-order chi connectivity index (χ0) is 20.4. The van der Waals surface area contributed by atoms with Crippen molar-refractivity contribution >= 4 is 5.97 Å². The Balaban J connectivity index is 1.73. The molecule has 0 bridgehead atoms. The van der Waals surface area contributed by atoms with Gasteiger partial charge >= 0.3 is 5.97 Å². The third kappa shape index (κ3) is 3.52. The smallest absolute Gasteiger partial charge is 0.335 e. The highest BCUT2D eigenvalue weighted by atomic mass is 16.4. The van der Waals surface area contributed by atoms with Crippen LogP contribution in [0, 0.1) is 0 Å². The van der Waals surface area contributed by atoms with E-state index in [0.29, 0.717) is 5.82 Å². The second-order valence-electron chi connectivity index (χ2n) is 7.26. The Labute approximate surface area is 168 Å². The Morgan fingerprint density at radius 3 is 2.14 bits per heavy atom. The van der Waals surface area contributed by atoms with Crippen LogP contribution in [-0.4, -0.2) is 31.3 Å². The van der Waals surface area contributed by atoms with Crippen molar-refractivity contribution in [2.75, 3.05) is 0 Å². The van der Waals surface area contributed by atoms with Crippen LogP contribution in [0.5, 0.6) is 0 Å². The van der Waals surface area contributed by atoms with Gasteiger partial charge in [0, 0.05) is 5.56 Å². The summed E-state index contributed by atoms with van der Waals surface area (Å²) in [4.78, 5) is 12.7. The maximum Gasteiger partial charge on any atom is 0.335 e. The topological polar surface area (TPSA) is 80.9 Å². The number of carboxylic acids is 1. The van der Waals surface area contributed by atoms with Crippen molar-refractivity contribution in [1.82, 2.24) is 20.2 Å². The number of tetrazole rings is 1. The van der Waals surface area contributed by atoms with Gasteiger partial charge in [-0.05, 0) is 47.9 Å². The number of hydrogen-bond donors (Lipinski definition) is 1. The van der Waals surface area contributed by atoms with Gasteiger partial charge in [0.05, 0.1) is 5.56 Å². The molecule has 0 amide bonds. The molecule has 1 heterocycles. The van der Waals surface area contributed by atoms with E-state index in [4.69, 9.17) is 5.11 Å². The molecule has 0 aliphatic heterocycles. The summed E-state index contributed by atoms with van der Waals surface area (Å²) in [6, 6.07) is 24.6. The average Bonchev–Trinajstić information content (AvgIpc) is 3.25. The lowest BCUT2D eigenvalue weighted by Crippen LogP contribution is -2.30. The lowest BCUT2D eigenvalue weighted by Gasteiger charge is -2.23. The number of carbonyl (C=O) groups is 1. The van der Waals surface area contributed by atoms with Crippen molar-refractivity contribution in [2.24, 2.45) is 0 Å². The van der Waals surface area contributed by atoms with Gasteiger partial charge in [0.15, 0.2) is 0 Å². The van der Waals surface area contributed by atoms with E-state index >= 15 is 0 Å². The fraction of sp³-hybridized carbons (Fsp3) is 0.130. The highest BCUT2D eigenvalue weighted by Gasteiger charge is 2.26. The van der Waals surface area contributed by atoms with Crippen LogP contribution in [0.4, 0.5) is 0 Å². The molecule has 4 aromatic rings. The van der Waals surface area contributed by atoms with E-state index in [2.05, 4.69) is 15.4 Å². The molecule has 29 heavy (non-hydrogen) atoms. The predicted octanol–water partition coefficient (Wildman–Crippen LogP) is 4.49. The van der Waals surface area contributed by atoms with Gasteiger partial charge in [-0.2, -0.15) is 4.80 Å². The van der Waals surface area contributed by atoms with Crippen LogP contribution >= 0.6 is 0 Å². The summed E-state index contributed by atoms with van der Waals surface area (Å²) >= 11 is 0. The lowest BCUT2D eigenvalue weighted by atomic mass is 9.95. The minimum absolute atomic E-state index is 0.250. The first kappa shape index (κ1) is 18.6. The number of rotatable bonds is 5. The number of nitrogens with zero attached hydrogens (tertiary/aromatic N) is 4. The molecular formula is C23H20N4O2. The SMILES string of the molecule is CC(C)(c1ccccc1)n1nnc(-c2ccccc2-c2ccc(C(=O)O)cc2)n1. The summed E-state index contributed by atoms with van der Waals surface area (Å²) in [6.07, 6.45) is 0. The third-order valence-electron chi connectivity index (χ3n) is 5.00. The minimum Gasteiger partial charge on any atom is -0.478 e. The average molecular weight is 384 g/mol. The second kappa shape index (κ2) is 7.31. The van der Waals surface area contributed by atoms with Crippen LogP contribution in [0.3, 0.4) is 0 Å². The van der Waals surface area contributed by atoms with Gasteiger partial charge < -0.3 is 5.11 Å². The monoisotopic (exact) mass is 384 g/mol. The molecule has 144 valence electrons. The summed E-state index contributed by atoms with van der Waals surface area (Å²) in [5, 5.41) is 22.4. The van der Waals surface area contributed by atoms with Crippen molar-refractivity contribution in [3.63, 3.8) is 0 Å². The van der Waals surface area contributed by atoms with Crippen LogP contribution in [0.15, 0.2) is 78.9 Å². The first-order valence-corrected chi connectivity index (χ1v) is 9.26. The Kier molecular flexibility index (Phi) is 4.68. The molecule has 0 saturated heterocycles. The van der Waals surface area contributed by atoms with E-state index in [1.54, 1.807) is 29.1 Å². The van der Waals surface area contributed by atoms with Gasteiger partial charge in [0.25, 0.3) is 0 Å².